The van der Waals surface area contributed by atoms with E-state index in [1.165, 1.54) is 25.3 Å². The van der Waals surface area contributed by atoms with Crippen LogP contribution < -0.4 is 15.2 Å². The van der Waals surface area contributed by atoms with Crippen LogP contribution in [0.3, 0.4) is 0 Å². The quantitative estimate of drug-likeness (QED) is 0.883. The Labute approximate surface area is 118 Å². The van der Waals surface area contributed by atoms with Crippen LogP contribution in [0.15, 0.2) is 23.1 Å². The van der Waals surface area contributed by atoms with E-state index in [-0.39, 0.29) is 10.6 Å². The van der Waals surface area contributed by atoms with Gasteiger partial charge in [-0.15, -0.1) is 0 Å². The largest absolute Gasteiger partial charge is 0.497 e. The van der Waals surface area contributed by atoms with Crippen LogP contribution in [0, 0.1) is 0 Å². The fraction of sp³-hybridized carbons (Fsp3) is 0.417. The molecule has 1 aromatic rings. The highest BCUT2D eigenvalue weighted by molar-refractivity contribution is 7.89. The molecular formula is C12H18N2O5S. The van der Waals surface area contributed by atoms with Gasteiger partial charge in [0.05, 0.1) is 12.8 Å². The van der Waals surface area contributed by atoms with E-state index in [1.54, 1.807) is 20.8 Å². The summed E-state index contributed by atoms with van der Waals surface area (Å²) in [6, 6.07) is 4.03. The summed E-state index contributed by atoms with van der Waals surface area (Å²) in [5.41, 5.74) is -0.703. The first kappa shape index (κ1) is 16.3. The molecule has 0 aliphatic heterocycles. The van der Waals surface area contributed by atoms with Gasteiger partial charge in [0.25, 0.3) is 0 Å². The molecule has 0 spiro atoms. The highest BCUT2D eigenvalue weighted by Crippen LogP contribution is 2.26. The fourth-order valence-electron chi connectivity index (χ4n) is 1.40. The Kier molecular flexibility index (Phi) is 4.61. The van der Waals surface area contributed by atoms with Gasteiger partial charge in [-0.3, -0.25) is 5.32 Å². The smallest absolute Gasteiger partial charge is 0.412 e. The van der Waals surface area contributed by atoms with Gasteiger partial charge in [-0.05, 0) is 32.9 Å². The topological polar surface area (TPSA) is 108 Å². The van der Waals surface area contributed by atoms with Crippen molar-refractivity contribution in [2.45, 2.75) is 31.3 Å². The normalized spacial score (nSPS) is 11.8. The van der Waals surface area contributed by atoms with Crippen molar-refractivity contribution < 1.29 is 22.7 Å². The summed E-state index contributed by atoms with van der Waals surface area (Å²) in [6.07, 6.45) is -0.782. The lowest BCUT2D eigenvalue weighted by Gasteiger charge is -2.20. The van der Waals surface area contributed by atoms with E-state index in [2.05, 4.69) is 5.32 Å². The number of nitrogens with two attached hydrogens (primary N) is 1. The number of sulfonamides is 1. The van der Waals surface area contributed by atoms with E-state index >= 15 is 0 Å². The zero-order valence-corrected chi connectivity index (χ0v) is 12.6. The number of hydrogen-bond acceptors (Lipinski definition) is 5. The number of hydrogen-bond donors (Lipinski definition) is 2. The molecule has 0 saturated heterocycles. The first-order valence-corrected chi connectivity index (χ1v) is 7.28. The first-order valence-electron chi connectivity index (χ1n) is 5.74. The predicted octanol–water partition coefficient (Wildman–Crippen LogP) is 1.69. The molecule has 3 N–H and O–H groups in total. The van der Waals surface area contributed by atoms with Crippen LogP contribution in [0.1, 0.15) is 20.8 Å². The van der Waals surface area contributed by atoms with Gasteiger partial charge in [0.2, 0.25) is 10.0 Å². The number of anilines is 1. The molecule has 0 bridgehead atoms. The molecule has 0 aliphatic carbocycles. The molecule has 0 atom stereocenters. The molecule has 1 amide bonds. The minimum Gasteiger partial charge on any atom is -0.497 e. The number of primary sulfonamides is 1. The number of nitrogens with one attached hydrogen (secondary N) is 1. The van der Waals surface area contributed by atoms with E-state index < -0.39 is 21.7 Å². The number of rotatable bonds is 3. The molecule has 0 aromatic heterocycles. The van der Waals surface area contributed by atoms with Gasteiger partial charge in [-0.1, -0.05) is 0 Å². The maximum atomic E-state index is 11.7. The lowest BCUT2D eigenvalue weighted by atomic mass is 10.2. The van der Waals surface area contributed by atoms with E-state index in [1.807, 2.05) is 0 Å². The molecule has 8 heteroatoms. The lowest BCUT2D eigenvalue weighted by molar-refractivity contribution is 0.0635. The summed E-state index contributed by atoms with van der Waals surface area (Å²) in [5.74, 6) is 0.378. The minimum absolute atomic E-state index is 0.00102. The molecule has 1 aromatic carbocycles. The third-order valence-corrected chi connectivity index (χ3v) is 3.10. The Hall–Kier alpha value is -1.80. The number of benzene rings is 1. The van der Waals surface area contributed by atoms with Crippen molar-refractivity contribution in [3.63, 3.8) is 0 Å². The minimum atomic E-state index is -3.97. The Balaban J connectivity index is 3.12. The first-order chi connectivity index (χ1) is 9.03. The van der Waals surface area contributed by atoms with Gasteiger partial charge in [0, 0.05) is 6.07 Å². The average molecular weight is 302 g/mol. The van der Waals surface area contributed by atoms with E-state index in [0.717, 1.165) is 0 Å². The van der Waals surface area contributed by atoms with Gasteiger partial charge in [0.15, 0.2) is 0 Å². The molecule has 0 saturated carbocycles. The zero-order chi connectivity index (χ0) is 15.6. The van der Waals surface area contributed by atoms with Crippen LogP contribution in [-0.4, -0.2) is 27.2 Å². The number of carbonyl (C=O) groups excluding carboxylic acids is 1. The molecular weight excluding hydrogens is 284 g/mol. The molecule has 0 fully saturated rings. The molecule has 20 heavy (non-hydrogen) atoms. The van der Waals surface area contributed by atoms with E-state index in [0.29, 0.717) is 5.75 Å². The summed E-state index contributed by atoms with van der Waals surface area (Å²) in [5, 5.41) is 7.44. The van der Waals surface area contributed by atoms with Gasteiger partial charge in [-0.25, -0.2) is 18.4 Å². The Morgan fingerprint density at radius 1 is 1.30 bits per heavy atom. The predicted molar refractivity (Wildman–Crippen MR) is 74.2 cm³/mol. The number of carbonyl (C=O) groups is 1. The maximum Gasteiger partial charge on any atom is 0.412 e. The van der Waals surface area contributed by atoms with Crippen molar-refractivity contribution in [1.82, 2.24) is 0 Å². The van der Waals surface area contributed by atoms with Crippen LogP contribution >= 0.6 is 0 Å². The average Bonchev–Trinajstić information content (AvgIpc) is 2.24. The third kappa shape index (κ3) is 4.71. The molecule has 0 radical (unpaired) electrons. The van der Waals surface area contributed by atoms with E-state index in [9.17, 15) is 13.2 Å². The van der Waals surface area contributed by atoms with Gasteiger partial charge in [-0.2, -0.15) is 0 Å². The number of methoxy groups -OCH3 is 1. The van der Waals surface area contributed by atoms with Crippen molar-refractivity contribution >= 4 is 21.8 Å². The number of ether oxygens (including phenoxy) is 2. The Morgan fingerprint density at radius 2 is 1.90 bits per heavy atom. The van der Waals surface area contributed by atoms with Crippen LogP contribution in [0.4, 0.5) is 10.5 Å². The van der Waals surface area contributed by atoms with Gasteiger partial charge < -0.3 is 9.47 Å². The summed E-state index contributed by atoms with van der Waals surface area (Å²) in [4.78, 5) is 11.5. The standard InChI is InChI=1S/C12H18N2O5S/c1-12(2,3)19-11(15)14-9-7-8(18-4)5-6-10(9)20(13,16)17/h5-7H,1-4H3,(H,14,15)(H2,13,16,17). The summed E-state index contributed by atoms with van der Waals surface area (Å²) in [6.45, 7) is 5.08. The van der Waals surface area contributed by atoms with Crippen LogP contribution in [0.2, 0.25) is 0 Å². The molecule has 112 valence electrons. The number of amides is 1. The second-order valence-corrected chi connectivity index (χ2v) is 6.56. The van der Waals surface area contributed by atoms with Crippen molar-refractivity contribution in [3.8, 4) is 5.75 Å². The Morgan fingerprint density at radius 3 is 2.35 bits per heavy atom. The van der Waals surface area contributed by atoms with E-state index in [4.69, 9.17) is 14.6 Å². The summed E-state index contributed by atoms with van der Waals surface area (Å²) in [7, 11) is -2.55. The Bertz CT molecular complexity index is 605. The highest BCUT2D eigenvalue weighted by Gasteiger charge is 2.20. The monoisotopic (exact) mass is 302 g/mol. The van der Waals surface area contributed by atoms with Gasteiger partial charge in [0.1, 0.15) is 16.2 Å². The zero-order valence-electron chi connectivity index (χ0n) is 11.8. The highest BCUT2D eigenvalue weighted by atomic mass is 32.2. The second kappa shape index (κ2) is 5.68. The summed E-state index contributed by atoms with van der Waals surface area (Å²) < 4.78 is 33.0. The second-order valence-electron chi connectivity index (χ2n) is 5.03. The lowest BCUT2D eigenvalue weighted by Crippen LogP contribution is -2.28. The SMILES string of the molecule is COc1ccc(S(N)(=O)=O)c(NC(=O)OC(C)(C)C)c1. The van der Waals surface area contributed by atoms with Crippen molar-refractivity contribution in [3.05, 3.63) is 18.2 Å². The van der Waals surface area contributed by atoms with Crippen molar-refractivity contribution in [2.75, 3.05) is 12.4 Å². The van der Waals surface area contributed by atoms with Crippen LogP contribution in [0.5, 0.6) is 5.75 Å². The molecule has 0 unspecified atom stereocenters. The van der Waals surface area contributed by atoms with Gasteiger partial charge >= 0.3 is 6.09 Å². The van der Waals surface area contributed by atoms with Crippen molar-refractivity contribution in [1.29, 1.82) is 0 Å². The van der Waals surface area contributed by atoms with Crippen LogP contribution in [-0.2, 0) is 14.8 Å². The molecule has 0 heterocycles. The van der Waals surface area contributed by atoms with Crippen molar-refractivity contribution in [2.24, 2.45) is 5.14 Å². The molecule has 0 aliphatic rings. The van der Waals surface area contributed by atoms with Crippen LogP contribution in [0.25, 0.3) is 0 Å². The fourth-order valence-corrected chi connectivity index (χ4v) is 2.07. The maximum absolute atomic E-state index is 11.7. The molecule has 1 rings (SSSR count). The molecule has 7 nitrogen and oxygen atoms in total. The third-order valence-electron chi connectivity index (χ3n) is 2.13. The summed E-state index contributed by atoms with van der Waals surface area (Å²) >= 11 is 0.